The van der Waals surface area contributed by atoms with Gasteiger partial charge in [-0.1, -0.05) is 30.4 Å². The number of hydrogen-bond donors (Lipinski definition) is 0. The van der Waals surface area contributed by atoms with Gasteiger partial charge in [-0.05, 0) is 67.2 Å². The van der Waals surface area contributed by atoms with E-state index >= 15 is 0 Å². The summed E-state index contributed by atoms with van der Waals surface area (Å²) in [6.45, 7) is 2.18. The molecule has 1 aliphatic heterocycles. The van der Waals surface area contributed by atoms with E-state index in [-0.39, 0.29) is 0 Å². The fourth-order valence-corrected chi connectivity index (χ4v) is 2.96. The van der Waals surface area contributed by atoms with Gasteiger partial charge in [0.15, 0.2) is 0 Å². The number of rotatable bonds is 6. The van der Waals surface area contributed by atoms with E-state index in [4.69, 9.17) is 0 Å². The maximum absolute atomic E-state index is 4.17. The zero-order chi connectivity index (χ0) is 15.0. The lowest BCUT2D eigenvalue weighted by Gasteiger charge is -2.23. The van der Waals surface area contributed by atoms with E-state index in [9.17, 15) is 0 Å². The van der Waals surface area contributed by atoms with Crippen molar-refractivity contribution in [2.75, 3.05) is 13.1 Å². The van der Waals surface area contributed by atoms with E-state index in [0.29, 0.717) is 0 Å². The molecule has 0 unspecified atom stereocenters. The number of pyridine rings is 1. The third kappa shape index (κ3) is 4.20. The molecule has 114 valence electrons. The molecule has 0 saturated carbocycles. The molecule has 2 heteroatoms. The van der Waals surface area contributed by atoms with Gasteiger partial charge >= 0.3 is 0 Å². The first-order chi connectivity index (χ1) is 10.9. The van der Waals surface area contributed by atoms with Crippen LogP contribution in [0.2, 0.25) is 0 Å². The molecule has 0 amide bonds. The van der Waals surface area contributed by atoms with Crippen molar-refractivity contribution in [3.8, 4) is 0 Å². The molecule has 0 fully saturated rings. The van der Waals surface area contributed by atoms with Crippen LogP contribution in [0, 0.1) is 0 Å². The van der Waals surface area contributed by atoms with Crippen LogP contribution in [0.1, 0.15) is 31.2 Å². The van der Waals surface area contributed by atoms with Crippen molar-refractivity contribution in [2.45, 2.75) is 32.1 Å². The molecule has 1 aromatic rings. The van der Waals surface area contributed by atoms with Crippen molar-refractivity contribution in [1.29, 1.82) is 0 Å². The summed E-state index contributed by atoms with van der Waals surface area (Å²) in [6, 6.07) is 4.18. The quantitative estimate of drug-likeness (QED) is 0.569. The number of nitrogens with zero attached hydrogens (tertiary/aromatic N) is 2. The molecular formula is C20H24N2. The highest BCUT2D eigenvalue weighted by atomic mass is 15.1. The minimum atomic E-state index is 1.04. The Kier molecular flexibility index (Phi) is 5.25. The molecule has 0 N–H and O–H groups in total. The molecule has 2 heterocycles. The molecular weight excluding hydrogens is 268 g/mol. The summed E-state index contributed by atoms with van der Waals surface area (Å²) in [5.41, 5.74) is 4.24. The molecule has 0 radical (unpaired) electrons. The molecule has 0 saturated heterocycles. The monoisotopic (exact) mass is 292 g/mol. The van der Waals surface area contributed by atoms with Crippen LogP contribution in [0.15, 0.2) is 72.3 Å². The van der Waals surface area contributed by atoms with Gasteiger partial charge in [0, 0.05) is 25.5 Å². The van der Waals surface area contributed by atoms with Gasteiger partial charge in [-0.25, -0.2) is 0 Å². The summed E-state index contributed by atoms with van der Waals surface area (Å²) < 4.78 is 0. The van der Waals surface area contributed by atoms with Gasteiger partial charge in [0.25, 0.3) is 0 Å². The zero-order valence-corrected chi connectivity index (χ0v) is 13.1. The Hall–Kier alpha value is -2.09. The van der Waals surface area contributed by atoms with Gasteiger partial charge in [-0.15, -0.1) is 0 Å². The highest BCUT2D eigenvalue weighted by Crippen LogP contribution is 2.23. The number of allylic oxidation sites excluding steroid dienone is 6. The van der Waals surface area contributed by atoms with Gasteiger partial charge in [0.2, 0.25) is 0 Å². The zero-order valence-electron chi connectivity index (χ0n) is 13.1. The van der Waals surface area contributed by atoms with E-state index < -0.39 is 0 Å². The van der Waals surface area contributed by atoms with Gasteiger partial charge in [0.05, 0.1) is 0 Å². The van der Waals surface area contributed by atoms with E-state index in [2.05, 4.69) is 52.5 Å². The lowest BCUT2D eigenvalue weighted by molar-refractivity contribution is 0.396. The molecule has 3 rings (SSSR count). The fourth-order valence-electron chi connectivity index (χ4n) is 2.96. The number of aryl methyl sites for hydroxylation is 1. The van der Waals surface area contributed by atoms with Crippen LogP contribution in [-0.4, -0.2) is 23.0 Å². The Balaban J connectivity index is 1.38. The van der Waals surface area contributed by atoms with Crippen molar-refractivity contribution in [3.63, 3.8) is 0 Å². The minimum absolute atomic E-state index is 1.04. The van der Waals surface area contributed by atoms with Crippen LogP contribution >= 0.6 is 0 Å². The SMILES string of the molecule is C1=CCC(C2=CCN(CCCCc3cccnc3)C=C2)=CC1. The molecule has 0 aromatic carbocycles. The van der Waals surface area contributed by atoms with Crippen molar-refractivity contribution < 1.29 is 0 Å². The van der Waals surface area contributed by atoms with Crippen molar-refractivity contribution in [3.05, 3.63) is 77.8 Å². The Labute approximate surface area is 133 Å². The summed E-state index contributed by atoms with van der Waals surface area (Å²) in [7, 11) is 0. The van der Waals surface area contributed by atoms with E-state index in [1.165, 1.54) is 29.6 Å². The molecule has 0 spiro atoms. The first-order valence-corrected chi connectivity index (χ1v) is 8.27. The van der Waals surface area contributed by atoms with Crippen molar-refractivity contribution in [1.82, 2.24) is 9.88 Å². The molecule has 1 aliphatic carbocycles. The van der Waals surface area contributed by atoms with Gasteiger partial charge in [-0.3, -0.25) is 4.98 Å². The van der Waals surface area contributed by atoms with Crippen molar-refractivity contribution >= 4 is 0 Å². The van der Waals surface area contributed by atoms with Gasteiger partial charge < -0.3 is 4.90 Å². The second-order valence-corrected chi connectivity index (χ2v) is 5.93. The van der Waals surface area contributed by atoms with Gasteiger partial charge in [0.1, 0.15) is 0 Å². The fraction of sp³-hybridized carbons (Fsp3) is 0.350. The Morgan fingerprint density at radius 3 is 2.86 bits per heavy atom. The normalized spacial score (nSPS) is 17.4. The molecule has 1 aromatic heterocycles. The predicted octanol–water partition coefficient (Wildman–Crippen LogP) is 4.44. The third-order valence-electron chi connectivity index (χ3n) is 4.27. The van der Waals surface area contributed by atoms with Crippen LogP contribution in [-0.2, 0) is 6.42 Å². The second kappa shape index (κ2) is 7.79. The molecule has 0 atom stereocenters. The maximum atomic E-state index is 4.17. The Morgan fingerprint density at radius 2 is 2.14 bits per heavy atom. The largest absolute Gasteiger partial charge is 0.374 e. The van der Waals surface area contributed by atoms with E-state index in [1.54, 1.807) is 0 Å². The maximum Gasteiger partial charge on any atom is 0.0362 e. The summed E-state index contributed by atoms with van der Waals surface area (Å²) in [6.07, 6.45) is 23.3. The highest BCUT2D eigenvalue weighted by molar-refractivity contribution is 5.43. The lowest BCUT2D eigenvalue weighted by Crippen LogP contribution is -2.21. The second-order valence-electron chi connectivity index (χ2n) is 5.93. The van der Waals surface area contributed by atoms with Crippen LogP contribution in [0.25, 0.3) is 0 Å². The summed E-state index contributed by atoms with van der Waals surface area (Å²) in [4.78, 5) is 6.58. The Morgan fingerprint density at radius 1 is 1.14 bits per heavy atom. The highest BCUT2D eigenvalue weighted by Gasteiger charge is 2.08. The molecule has 0 bridgehead atoms. The topological polar surface area (TPSA) is 16.1 Å². The molecule has 2 nitrogen and oxygen atoms in total. The smallest absolute Gasteiger partial charge is 0.0362 e. The standard InChI is InChI=1S/C20H24N2/c1-2-9-19(10-3-1)20-11-15-22(16-12-20)14-5-4-7-18-8-6-13-21-17-18/h1-2,6,8,10-13,15,17H,3-5,7,9,14,16H2. The van der Waals surface area contributed by atoms with Crippen LogP contribution in [0.4, 0.5) is 0 Å². The number of aromatic nitrogens is 1. The predicted molar refractivity (Wildman–Crippen MR) is 92.4 cm³/mol. The van der Waals surface area contributed by atoms with Crippen molar-refractivity contribution in [2.24, 2.45) is 0 Å². The number of hydrogen-bond acceptors (Lipinski definition) is 2. The first-order valence-electron chi connectivity index (χ1n) is 8.27. The van der Waals surface area contributed by atoms with E-state index in [0.717, 1.165) is 32.4 Å². The van der Waals surface area contributed by atoms with Crippen LogP contribution in [0.3, 0.4) is 0 Å². The Bertz CT molecular complexity index is 593. The van der Waals surface area contributed by atoms with Crippen LogP contribution < -0.4 is 0 Å². The first kappa shape index (κ1) is 14.8. The summed E-state index contributed by atoms with van der Waals surface area (Å²) >= 11 is 0. The lowest BCUT2D eigenvalue weighted by atomic mass is 9.96. The summed E-state index contributed by atoms with van der Waals surface area (Å²) in [5.74, 6) is 0. The number of unbranched alkanes of at least 4 members (excludes halogenated alkanes) is 1. The minimum Gasteiger partial charge on any atom is -0.374 e. The molecule has 2 aliphatic rings. The summed E-state index contributed by atoms with van der Waals surface area (Å²) in [5, 5.41) is 0. The molecule has 22 heavy (non-hydrogen) atoms. The van der Waals surface area contributed by atoms with Gasteiger partial charge in [-0.2, -0.15) is 0 Å². The van der Waals surface area contributed by atoms with E-state index in [1.807, 2.05) is 18.5 Å². The average molecular weight is 292 g/mol. The van der Waals surface area contributed by atoms with Crippen LogP contribution in [0.5, 0.6) is 0 Å². The third-order valence-corrected chi connectivity index (χ3v) is 4.27. The average Bonchev–Trinajstić information content (AvgIpc) is 2.61.